The van der Waals surface area contributed by atoms with Gasteiger partial charge in [0, 0.05) is 19.0 Å². The minimum Gasteiger partial charge on any atom is -0.497 e. The molecule has 0 bridgehead atoms. The molecule has 2 rings (SSSR count). The minimum absolute atomic E-state index is 0.0956. The van der Waals surface area contributed by atoms with Crippen LogP contribution in [-0.2, 0) is 4.79 Å². The van der Waals surface area contributed by atoms with E-state index < -0.39 is 0 Å². The van der Waals surface area contributed by atoms with E-state index in [1.54, 1.807) is 12.1 Å². The van der Waals surface area contributed by atoms with Crippen LogP contribution in [0.5, 0.6) is 5.75 Å². The van der Waals surface area contributed by atoms with Crippen molar-refractivity contribution in [3.8, 4) is 5.75 Å². The van der Waals surface area contributed by atoms with Gasteiger partial charge in [-0.3, -0.25) is 4.79 Å². The third-order valence-corrected chi connectivity index (χ3v) is 2.17. The molecule has 1 aliphatic rings. The number of benzene rings is 1. The molecule has 0 aliphatic carbocycles. The molecule has 14 heavy (non-hydrogen) atoms. The molecule has 4 heteroatoms. The third kappa shape index (κ3) is 1.56. The van der Waals surface area contributed by atoms with Crippen molar-refractivity contribution in [3.05, 3.63) is 24.3 Å². The van der Waals surface area contributed by atoms with Gasteiger partial charge in [-0.1, -0.05) is 6.07 Å². The number of amides is 1. The summed E-state index contributed by atoms with van der Waals surface area (Å²) in [4.78, 5) is 11.4. The Bertz CT molecular complexity index is 352. The number of nitrogens with zero attached hydrogens (tertiary/aromatic N) is 1. The van der Waals surface area contributed by atoms with Crippen molar-refractivity contribution < 1.29 is 9.53 Å². The molecular weight excluding hydrogens is 180 g/mol. The van der Waals surface area contributed by atoms with E-state index in [1.807, 2.05) is 24.3 Å². The summed E-state index contributed by atoms with van der Waals surface area (Å²) in [6.07, 6.45) is 0.553. The van der Waals surface area contributed by atoms with E-state index >= 15 is 0 Å². The second kappa shape index (κ2) is 3.67. The molecule has 0 saturated carbocycles. The van der Waals surface area contributed by atoms with Gasteiger partial charge in [0.1, 0.15) is 5.75 Å². The number of ether oxygens (including phenoxy) is 1. The van der Waals surface area contributed by atoms with Gasteiger partial charge >= 0.3 is 0 Å². The highest BCUT2D eigenvalue weighted by Crippen LogP contribution is 2.21. The van der Waals surface area contributed by atoms with Gasteiger partial charge in [-0.25, -0.2) is 10.4 Å². The van der Waals surface area contributed by atoms with Gasteiger partial charge in [0.05, 0.1) is 12.8 Å². The predicted octanol–water partition coefficient (Wildman–Crippen LogP) is 0.936. The summed E-state index contributed by atoms with van der Waals surface area (Å²) in [5, 5.41) is 1.56. The molecule has 1 N–H and O–H groups in total. The summed E-state index contributed by atoms with van der Waals surface area (Å²) in [6, 6.07) is 7.42. The number of methoxy groups -OCH3 is 1. The zero-order valence-electron chi connectivity index (χ0n) is 7.99. The Balaban J connectivity index is 2.26. The minimum atomic E-state index is 0.0956. The van der Waals surface area contributed by atoms with E-state index in [0.717, 1.165) is 11.4 Å². The van der Waals surface area contributed by atoms with Gasteiger partial charge in [0.15, 0.2) is 0 Å². The lowest BCUT2D eigenvalue weighted by Crippen LogP contribution is -2.33. The maximum absolute atomic E-state index is 11.4. The maximum Gasteiger partial charge on any atom is 0.242 e. The summed E-state index contributed by atoms with van der Waals surface area (Å²) < 4.78 is 5.08. The molecule has 4 nitrogen and oxygen atoms in total. The summed E-state index contributed by atoms with van der Waals surface area (Å²) in [6.45, 7) is 0.704. The fourth-order valence-electron chi connectivity index (χ4n) is 1.46. The maximum atomic E-state index is 11.4. The molecule has 1 aliphatic heterocycles. The first kappa shape index (κ1) is 9.02. The standard InChI is InChI=1S/C10H12N2O2/c1-14-9-4-2-3-8(7-9)12-10(13)5-6-11-12/h2-4,7,11H,5-6H2,1H3. The Hall–Kier alpha value is -1.55. The zero-order chi connectivity index (χ0) is 9.97. The van der Waals surface area contributed by atoms with Crippen LogP contribution in [0.2, 0.25) is 0 Å². The van der Waals surface area contributed by atoms with Crippen LogP contribution in [0, 0.1) is 0 Å². The Morgan fingerprint density at radius 1 is 1.50 bits per heavy atom. The monoisotopic (exact) mass is 192 g/mol. The van der Waals surface area contributed by atoms with Crippen LogP contribution >= 0.6 is 0 Å². The molecule has 1 heterocycles. The number of carbonyl (C=O) groups excluding carboxylic acids is 1. The predicted molar refractivity (Wildman–Crippen MR) is 53.1 cm³/mol. The van der Waals surface area contributed by atoms with E-state index in [0.29, 0.717) is 13.0 Å². The molecule has 74 valence electrons. The first-order valence-electron chi connectivity index (χ1n) is 4.52. The molecule has 1 fully saturated rings. The number of carbonyl (C=O) groups is 1. The van der Waals surface area contributed by atoms with Gasteiger partial charge < -0.3 is 4.74 Å². The molecular formula is C10H12N2O2. The van der Waals surface area contributed by atoms with Gasteiger partial charge in [-0.2, -0.15) is 0 Å². The molecule has 0 spiro atoms. The normalized spacial score (nSPS) is 16.1. The molecule has 0 atom stereocenters. The lowest BCUT2D eigenvalue weighted by atomic mass is 10.3. The third-order valence-electron chi connectivity index (χ3n) is 2.17. The summed E-state index contributed by atoms with van der Waals surface area (Å²) in [5.41, 5.74) is 3.83. The van der Waals surface area contributed by atoms with Crippen LogP contribution in [0.25, 0.3) is 0 Å². The number of hydrogen-bond donors (Lipinski definition) is 1. The Labute approximate surface area is 82.4 Å². The van der Waals surface area contributed by atoms with E-state index in [4.69, 9.17) is 4.74 Å². The SMILES string of the molecule is COc1cccc(N2NCCC2=O)c1. The molecule has 1 saturated heterocycles. The highest BCUT2D eigenvalue weighted by molar-refractivity contribution is 5.94. The second-order valence-corrected chi connectivity index (χ2v) is 3.09. The van der Waals surface area contributed by atoms with Crippen molar-refractivity contribution in [2.24, 2.45) is 0 Å². The largest absolute Gasteiger partial charge is 0.497 e. The average molecular weight is 192 g/mol. The quantitative estimate of drug-likeness (QED) is 0.758. The molecule has 0 radical (unpaired) electrons. The number of hydrogen-bond acceptors (Lipinski definition) is 3. The van der Waals surface area contributed by atoms with Crippen molar-refractivity contribution in [3.63, 3.8) is 0 Å². The van der Waals surface area contributed by atoms with Crippen LogP contribution in [0.4, 0.5) is 5.69 Å². The van der Waals surface area contributed by atoms with Crippen LogP contribution in [-0.4, -0.2) is 19.6 Å². The topological polar surface area (TPSA) is 41.6 Å². The van der Waals surface area contributed by atoms with Gasteiger partial charge in [-0.15, -0.1) is 0 Å². The number of nitrogens with one attached hydrogen (secondary N) is 1. The number of hydrazine groups is 1. The highest BCUT2D eigenvalue weighted by atomic mass is 16.5. The van der Waals surface area contributed by atoms with Crippen LogP contribution in [0.1, 0.15) is 6.42 Å². The Morgan fingerprint density at radius 2 is 2.36 bits per heavy atom. The Morgan fingerprint density at radius 3 is 3.00 bits per heavy atom. The molecule has 1 aromatic rings. The van der Waals surface area contributed by atoms with E-state index in [-0.39, 0.29) is 5.91 Å². The van der Waals surface area contributed by atoms with Crippen molar-refractivity contribution in [2.45, 2.75) is 6.42 Å². The number of rotatable bonds is 2. The van der Waals surface area contributed by atoms with E-state index in [2.05, 4.69) is 5.43 Å². The molecule has 0 unspecified atom stereocenters. The first-order chi connectivity index (χ1) is 6.81. The van der Waals surface area contributed by atoms with Gasteiger partial charge in [0.2, 0.25) is 5.91 Å². The van der Waals surface area contributed by atoms with Crippen LogP contribution in [0.15, 0.2) is 24.3 Å². The smallest absolute Gasteiger partial charge is 0.242 e. The van der Waals surface area contributed by atoms with Crippen molar-refractivity contribution in [2.75, 3.05) is 18.7 Å². The van der Waals surface area contributed by atoms with Crippen molar-refractivity contribution in [1.29, 1.82) is 0 Å². The number of anilines is 1. The molecule has 1 aromatic carbocycles. The zero-order valence-corrected chi connectivity index (χ0v) is 7.99. The summed E-state index contributed by atoms with van der Waals surface area (Å²) in [7, 11) is 1.61. The average Bonchev–Trinajstić information content (AvgIpc) is 2.65. The van der Waals surface area contributed by atoms with Crippen molar-refractivity contribution in [1.82, 2.24) is 5.43 Å². The van der Waals surface area contributed by atoms with E-state index in [1.165, 1.54) is 0 Å². The summed E-state index contributed by atoms with van der Waals surface area (Å²) >= 11 is 0. The van der Waals surface area contributed by atoms with Crippen LogP contribution in [0.3, 0.4) is 0 Å². The lowest BCUT2D eigenvalue weighted by Gasteiger charge is -2.16. The van der Waals surface area contributed by atoms with Gasteiger partial charge in [-0.05, 0) is 12.1 Å². The second-order valence-electron chi connectivity index (χ2n) is 3.09. The molecule has 1 amide bonds. The lowest BCUT2D eigenvalue weighted by molar-refractivity contribution is -0.117. The summed E-state index contributed by atoms with van der Waals surface area (Å²) in [5.74, 6) is 0.849. The fourth-order valence-corrected chi connectivity index (χ4v) is 1.46. The fraction of sp³-hybridized carbons (Fsp3) is 0.300. The Kier molecular flexibility index (Phi) is 2.37. The molecule has 0 aromatic heterocycles. The van der Waals surface area contributed by atoms with E-state index in [9.17, 15) is 4.79 Å². The highest BCUT2D eigenvalue weighted by Gasteiger charge is 2.21. The van der Waals surface area contributed by atoms with Gasteiger partial charge in [0.25, 0.3) is 0 Å². The first-order valence-corrected chi connectivity index (χ1v) is 4.52. The van der Waals surface area contributed by atoms with Crippen molar-refractivity contribution >= 4 is 11.6 Å². The van der Waals surface area contributed by atoms with Crippen LogP contribution < -0.4 is 15.2 Å².